The summed E-state index contributed by atoms with van der Waals surface area (Å²) in [7, 11) is 2.07. The van der Waals surface area contributed by atoms with Crippen LogP contribution in [0.15, 0.2) is 25.3 Å². The van der Waals surface area contributed by atoms with Gasteiger partial charge in [-0.3, -0.25) is 18.2 Å². The van der Waals surface area contributed by atoms with Gasteiger partial charge in [-0.05, 0) is 6.42 Å². The van der Waals surface area contributed by atoms with Crippen LogP contribution in [0, 0.1) is 5.92 Å². The van der Waals surface area contributed by atoms with Crippen LogP contribution in [0.25, 0.3) is 22.3 Å². The smallest absolute Gasteiger partial charge is 0.386 e. The Labute approximate surface area is 256 Å². The SMILES string of the molecule is Nc1ncnc2c1ncn2[C@@H]1O[C@H](COP)[C@@H](O[P@](=O)(S)OC[C@H]2O[C@@H](n3cnc4c(N)ncnc43)[C@H](CCO)[C@@H]2O)[C@H]1O. The zero-order chi connectivity index (χ0) is 31.2. The summed E-state index contributed by atoms with van der Waals surface area (Å²) in [6.07, 6.45) is -2.07. The standard InChI is InChI=1S/C22H30N10O9P2S/c23-17-12-19(27-5-25-17)31(7-29-12)21-9(1-2-33)14(34)10(39-21)4-38-43(36,44)41-16-11(3-37-42)40-22(15(16)35)32-8-30-13-18(24)26-6-28-20(13)32/h5-11,14-16,21-22,33-35H,1-4,42H2,(H,36,44)(H2,23,25,27)(H2,24,26,28)/t9-,10-,11-,14+,15-,16-,21-,22-,43-/m1/s1. The molecule has 44 heavy (non-hydrogen) atoms. The molecule has 2 aliphatic rings. The highest BCUT2D eigenvalue weighted by molar-refractivity contribution is 8.44. The van der Waals surface area contributed by atoms with Crippen LogP contribution >= 0.6 is 28.5 Å². The second-order valence-electron chi connectivity index (χ2n) is 10.1. The number of nitrogen functional groups attached to an aromatic ring is 2. The Hall–Kier alpha value is -2.61. The van der Waals surface area contributed by atoms with E-state index in [1.165, 1.54) is 29.9 Å². The number of nitrogens with two attached hydrogens (primary N) is 2. The number of thiol groups is 1. The third-order valence-electron chi connectivity index (χ3n) is 7.51. The Balaban J connectivity index is 1.17. The van der Waals surface area contributed by atoms with Crippen molar-refractivity contribution in [1.82, 2.24) is 39.0 Å². The molecule has 10 atom stereocenters. The molecule has 2 saturated heterocycles. The summed E-state index contributed by atoms with van der Waals surface area (Å²) >= 11 is 4.12. The van der Waals surface area contributed by atoms with Gasteiger partial charge < -0.3 is 40.8 Å². The molecular formula is C22H30N10O9P2S. The minimum atomic E-state index is -4.21. The lowest BCUT2D eigenvalue weighted by atomic mass is 9.96. The summed E-state index contributed by atoms with van der Waals surface area (Å²) in [6, 6.07) is 0. The molecule has 2 fully saturated rings. The lowest BCUT2D eigenvalue weighted by Gasteiger charge is -2.24. The molecule has 0 amide bonds. The normalized spacial score (nSPS) is 30.4. The quantitative estimate of drug-likeness (QED) is 0.0873. The van der Waals surface area contributed by atoms with Crippen molar-refractivity contribution >= 4 is 62.5 Å². The Morgan fingerprint density at radius 2 is 1.50 bits per heavy atom. The van der Waals surface area contributed by atoms with E-state index in [1.807, 2.05) is 0 Å². The number of fused-ring (bicyclic) bond motifs is 2. The van der Waals surface area contributed by atoms with E-state index in [2.05, 4.69) is 51.6 Å². The number of rotatable bonds is 11. The van der Waals surface area contributed by atoms with Gasteiger partial charge in [-0.2, -0.15) is 0 Å². The monoisotopic (exact) mass is 672 g/mol. The maximum atomic E-state index is 13.4. The van der Waals surface area contributed by atoms with Crippen molar-refractivity contribution in [2.45, 2.75) is 49.4 Å². The molecule has 22 heteroatoms. The maximum absolute atomic E-state index is 13.4. The molecule has 1 unspecified atom stereocenters. The summed E-state index contributed by atoms with van der Waals surface area (Å²) in [5.74, 6) is -0.298. The van der Waals surface area contributed by atoms with Gasteiger partial charge in [-0.1, -0.05) is 12.2 Å². The number of hydrogen-bond acceptors (Lipinski definition) is 17. The molecule has 0 saturated carbocycles. The summed E-state index contributed by atoms with van der Waals surface area (Å²) < 4.78 is 44.9. The van der Waals surface area contributed by atoms with Crippen molar-refractivity contribution < 1.29 is 42.9 Å². The third-order valence-corrected chi connectivity index (χ3v) is 9.32. The molecular weight excluding hydrogens is 642 g/mol. The Morgan fingerprint density at radius 3 is 2.09 bits per heavy atom. The van der Waals surface area contributed by atoms with E-state index in [0.29, 0.717) is 22.3 Å². The van der Waals surface area contributed by atoms with Crippen molar-refractivity contribution in [1.29, 1.82) is 0 Å². The van der Waals surface area contributed by atoms with E-state index in [-0.39, 0.29) is 31.3 Å². The number of aliphatic hydroxyl groups excluding tert-OH is 3. The van der Waals surface area contributed by atoms with Gasteiger partial charge in [0.15, 0.2) is 29.2 Å². The summed E-state index contributed by atoms with van der Waals surface area (Å²) in [6.45, 7) is -4.93. The molecule has 0 aliphatic carbocycles. The van der Waals surface area contributed by atoms with Crippen LogP contribution in [-0.2, 0) is 27.6 Å². The highest BCUT2D eigenvalue weighted by atomic mass is 32.7. The van der Waals surface area contributed by atoms with Crippen molar-refractivity contribution in [3.63, 3.8) is 0 Å². The topological polar surface area (TPSA) is 263 Å². The number of imidazole rings is 2. The maximum Gasteiger partial charge on any atom is 0.386 e. The number of nitrogens with zero attached hydrogens (tertiary/aromatic N) is 8. The summed E-state index contributed by atoms with van der Waals surface area (Å²) in [5.41, 5.74) is 13.1. The molecule has 4 aromatic heterocycles. The zero-order valence-corrected chi connectivity index (χ0v) is 25.7. The number of hydrogen-bond donors (Lipinski definition) is 6. The highest BCUT2D eigenvalue weighted by Crippen LogP contribution is 2.57. The summed E-state index contributed by atoms with van der Waals surface area (Å²) in [4.78, 5) is 24.7. The third kappa shape index (κ3) is 5.76. The first-order chi connectivity index (χ1) is 21.1. The lowest BCUT2D eigenvalue weighted by Crippen LogP contribution is -2.36. The van der Waals surface area contributed by atoms with Gasteiger partial charge in [0, 0.05) is 22.0 Å². The fourth-order valence-corrected chi connectivity index (χ4v) is 7.13. The molecule has 19 nitrogen and oxygen atoms in total. The van der Waals surface area contributed by atoms with E-state index < -0.39 is 62.3 Å². The van der Waals surface area contributed by atoms with E-state index in [4.69, 9.17) is 34.5 Å². The molecule has 0 spiro atoms. The Kier molecular flexibility index (Phi) is 9.02. The van der Waals surface area contributed by atoms with Crippen LogP contribution in [0.5, 0.6) is 0 Å². The first-order valence-electron chi connectivity index (χ1n) is 13.2. The van der Waals surface area contributed by atoms with Crippen LogP contribution in [0.2, 0.25) is 0 Å². The van der Waals surface area contributed by atoms with Crippen molar-refractivity contribution in [3.8, 4) is 0 Å². The largest absolute Gasteiger partial charge is 0.396 e. The molecule has 6 rings (SSSR count). The minimum absolute atomic E-state index is 0.0671. The molecule has 238 valence electrons. The molecule has 0 aromatic carbocycles. The second kappa shape index (κ2) is 12.6. The molecule has 0 bridgehead atoms. The average molecular weight is 673 g/mol. The second-order valence-corrected chi connectivity index (χ2v) is 13.3. The predicted molar refractivity (Wildman–Crippen MR) is 158 cm³/mol. The molecule has 2 aliphatic heterocycles. The molecule has 0 radical (unpaired) electrons. The van der Waals surface area contributed by atoms with Crippen LogP contribution in [-0.4, -0.2) is 105 Å². The van der Waals surface area contributed by atoms with Crippen molar-refractivity contribution in [2.24, 2.45) is 5.92 Å². The fourth-order valence-electron chi connectivity index (χ4n) is 5.45. The first-order valence-corrected chi connectivity index (χ1v) is 16.4. The van der Waals surface area contributed by atoms with Gasteiger partial charge >= 0.3 is 6.80 Å². The number of ether oxygens (including phenoxy) is 2. The lowest BCUT2D eigenvalue weighted by molar-refractivity contribution is -0.0476. The highest BCUT2D eigenvalue weighted by Gasteiger charge is 2.50. The van der Waals surface area contributed by atoms with Gasteiger partial charge in [0.25, 0.3) is 0 Å². The first kappa shape index (κ1) is 31.4. The van der Waals surface area contributed by atoms with Gasteiger partial charge in [-0.15, -0.1) is 0 Å². The fraction of sp³-hybridized carbons (Fsp3) is 0.545. The summed E-state index contributed by atoms with van der Waals surface area (Å²) in [5, 5.41) is 32.0. The van der Waals surface area contributed by atoms with E-state index in [9.17, 15) is 19.9 Å². The number of anilines is 2. The Bertz CT molecular complexity index is 1680. The van der Waals surface area contributed by atoms with E-state index >= 15 is 0 Å². The van der Waals surface area contributed by atoms with Crippen LogP contribution < -0.4 is 11.5 Å². The van der Waals surface area contributed by atoms with Gasteiger partial charge in [0.2, 0.25) is 0 Å². The van der Waals surface area contributed by atoms with Crippen LogP contribution in [0.1, 0.15) is 18.9 Å². The van der Waals surface area contributed by atoms with E-state index in [1.54, 1.807) is 4.57 Å². The Morgan fingerprint density at radius 1 is 0.909 bits per heavy atom. The number of aromatic nitrogens is 8. The minimum Gasteiger partial charge on any atom is -0.396 e. The van der Waals surface area contributed by atoms with Crippen LogP contribution in [0.4, 0.5) is 11.6 Å². The predicted octanol–water partition coefficient (Wildman–Crippen LogP) is -0.408. The van der Waals surface area contributed by atoms with Crippen molar-refractivity contribution in [2.75, 3.05) is 31.3 Å². The molecule has 4 aromatic rings. The van der Waals surface area contributed by atoms with Gasteiger partial charge in [0.05, 0.1) is 32.0 Å². The van der Waals surface area contributed by atoms with Gasteiger partial charge in [0.1, 0.15) is 54.3 Å². The van der Waals surface area contributed by atoms with Crippen molar-refractivity contribution in [3.05, 3.63) is 25.3 Å². The van der Waals surface area contributed by atoms with E-state index in [0.717, 1.165) is 0 Å². The molecule has 7 N–H and O–H groups in total. The van der Waals surface area contributed by atoms with Gasteiger partial charge in [-0.25, -0.2) is 34.5 Å². The van der Waals surface area contributed by atoms with Crippen LogP contribution in [0.3, 0.4) is 0 Å². The molecule has 6 heterocycles. The average Bonchev–Trinajstić information content (AvgIpc) is 3.75. The zero-order valence-electron chi connectivity index (χ0n) is 22.8. The number of aliphatic hydroxyl groups is 3.